The molecule has 0 bridgehead atoms. The first kappa shape index (κ1) is 21.6. The zero-order valence-electron chi connectivity index (χ0n) is 17.4. The first-order valence-corrected chi connectivity index (χ1v) is 10.3. The number of anilines is 1. The number of alkyl halides is 3. The van der Waals surface area contributed by atoms with E-state index in [0.717, 1.165) is 22.0 Å². The normalized spacial score (nSPS) is 11.5. The summed E-state index contributed by atoms with van der Waals surface area (Å²) in [6, 6.07) is 24.4. The summed E-state index contributed by atoms with van der Waals surface area (Å²) in [7, 11) is 0. The van der Waals surface area contributed by atoms with Crippen molar-refractivity contribution in [3.8, 4) is 11.1 Å². The van der Waals surface area contributed by atoms with Gasteiger partial charge in [-0.05, 0) is 35.6 Å². The van der Waals surface area contributed by atoms with E-state index in [1.54, 1.807) is 6.07 Å². The van der Waals surface area contributed by atoms with Gasteiger partial charge >= 0.3 is 6.18 Å². The molecule has 0 saturated carbocycles. The van der Waals surface area contributed by atoms with E-state index in [0.29, 0.717) is 12.1 Å². The Morgan fingerprint density at radius 2 is 1.59 bits per heavy atom. The first-order valence-electron chi connectivity index (χ1n) is 10.3. The van der Waals surface area contributed by atoms with Gasteiger partial charge in [0.25, 0.3) is 5.78 Å². The van der Waals surface area contributed by atoms with Crippen LogP contribution in [-0.2, 0) is 6.54 Å². The number of ketones is 1. The molecule has 6 heteroatoms. The van der Waals surface area contributed by atoms with Crippen LogP contribution in [0.4, 0.5) is 18.9 Å². The number of pyridine rings is 1. The highest BCUT2D eigenvalue weighted by atomic mass is 19.4. The number of rotatable bonds is 6. The van der Waals surface area contributed by atoms with Gasteiger partial charge in [-0.1, -0.05) is 66.7 Å². The van der Waals surface area contributed by atoms with Crippen molar-refractivity contribution in [1.82, 2.24) is 4.98 Å². The fraction of sp³-hybridized carbons (Fsp3) is 0.154. The van der Waals surface area contributed by atoms with Crippen molar-refractivity contribution in [3.63, 3.8) is 0 Å². The summed E-state index contributed by atoms with van der Waals surface area (Å²) in [5, 5.41) is 2.02. The van der Waals surface area contributed by atoms with Gasteiger partial charge in [-0.25, -0.2) is 0 Å². The predicted molar refractivity (Wildman–Crippen MR) is 121 cm³/mol. The SMILES string of the molecule is CCN(Cc1c(-c2ccccc2)ccnc1C(=O)C(F)(F)F)c1cccc2ccccc12. The molecule has 1 aromatic heterocycles. The Morgan fingerprint density at radius 3 is 2.31 bits per heavy atom. The quantitative estimate of drug-likeness (QED) is 0.318. The van der Waals surface area contributed by atoms with E-state index in [4.69, 9.17) is 0 Å². The maximum Gasteiger partial charge on any atom is 0.456 e. The van der Waals surface area contributed by atoms with Gasteiger partial charge < -0.3 is 4.90 Å². The van der Waals surface area contributed by atoms with E-state index in [9.17, 15) is 18.0 Å². The lowest BCUT2D eigenvalue weighted by atomic mass is 9.96. The molecule has 3 nitrogen and oxygen atoms in total. The Labute approximate surface area is 184 Å². The molecule has 0 unspecified atom stereocenters. The minimum absolute atomic E-state index is 0.111. The number of hydrogen-bond acceptors (Lipinski definition) is 3. The van der Waals surface area contributed by atoms with E-state index < -0.39 is 17.7 Å². The molecular weight excluding hydrogens is 413 g/mol. The van der Waals surface area contributed by atoms with E-state index in [1.807, 2.05) is 84.6 Å². The number of hydrogen-bond donors (Lipinski definition) is 0. The molecule has 0 aliphatic carbocycles. The van der Waals surface area contributed by atoms with Gasteiger partial charge in [0, 0.05) is 35.9 Å². The minimum atomic E-state index is -5.01. The Balaban J connectivity index is 1.88. The van der Waals surface area contributed by atoms with Crippen molar-refractivity contribution >= 4 is 22.2 Å². The van der Waals surface area contributed by atoms with Gasteiger partial charge in [0.1, 0.15) is 5.69 Å². The lowest BCUT2D eigenvalue weighted by Crippen LogP contribution is -2.29. The number of fused-ring (bicyclic) bond motifs is 1. The van der Waals surface area contributed by atoms with Gasteiger partial charge in [0.15, 0.2) is 0 Å². The highest BCUT2D eigenvalue weighted by molar-refractivity contribution is 6.01. The Kier molecular flexibility index (Phi) is 5.95. The van der Waals surface area contributed by atoms with E-state index >= 15 is 0 Å². The lowest BCUT2D eigenvalue weighted by molar-refractivity contribution is -0.0888. The van der Waals surface area contributed by atoms with E-state index in [-0.39, 0.29) is 12.1 Å². The average Bonchev–Trinajstić information content (AvgIpc) is 2.81. The molecule has 0 aliphatic rings. The number of benzene rings is 3. The molecule has 0 amide bonds. The van der Waals surface area contributed by atoms with Crippen LogP contribution >= 0.6 is 0 Å². The molecule has 0 saturated heterocycles. The highest BCUT2D eigenvalue weighted by Gasteiger charge is 2.42. The number of Topliss-reactive ketones (excluding diaryl/α,β-unsaturated/α-hetero) is 1. The fourth-order valence-corrected chi connectivity index (χ4v) is 3.91. The summed E-state index contributed by atoms with van der Waals surface area (Å²) in [4.78, 5) is 18.1. The van der Waals surface area contributed by atoms with Crippen molar-refractivity contribution in [3.05, 3.63) is 96.3 Å². The van der Waals surface area contributed by atoms with Gasteiger partial charge in [0.2, 0.25) is 0 Å². The molecule has 0 atom stereocenters. The number of carbonyl (C=O) groups excluding carboxylic acids is 1. The molecular formula is C26H21F3N2O. The number of nitrogens with zero attached hydrogens (tertiary/aromatic N) is 2. The second-order valence-electron chi connectivity index (χ2n) is 7.39. The molecule has 4 rings (SSSR count). The Morgan fingerprint density at radius 1 is 0.906 bits per heavy atom. The van der Waals surface area contributed by atoms with Crippen LogP contribution in [0.3, 0.4) is 0 Å². The van der Waals surface area contributed by atoms with E-state index in [2.05, 4.69) is 4.98 Å². The standard InChI is InChI=1S/C26H21F3N2O/c1-2-31(23-14-8-12-19-11-6-7-13-21(19)23)17-22-20(18-9-4-3-5-10-18)15-16-30-24(22)25(32)26(27,28)29/h3-16H,2,17H2,1H3. The zero-order chi connectivity index (χ0) is 22.7. The summed E-state index contributed by atoms with van der Waals surface area (Å²) in [5.41, 5.74) is 1.88. The smallest absolute Gasteiger partial charge is 0.367 e. The third-order valence-electron chi connectivity index (χ3n) is 5.45. The molecule has 3 aromatic carbocycles. The monoisotopic (exact) mass is 434 g/mol. The summed E-state index contributed by atoms with van der Waals surface area (Å²) >= 11 is 0. The molecule has 0 N–H and O–H groups in total. The molecule has 32 heavy (non-hydrogen) atoms. The van der Waals surface area contributed by atoms with Crippen LogP contribution in [0.1, 0.15) is 23.0 Å². The molecule has 0 radical (unpaired) electrons. The van der Waals surface area contributed by atoms with Crippen LogP contribution in [0.2, 0.25) is 0 Å². The maximum absolute atomic E-state index is 13.4. The maximum atomic E-state index is 13.4. The number of aromatic nitrogens is 1. The summed E-state index contributed by atoms with van der Waals surface area (Å²) in [6.45, 7) is 2.59. The van der Waals surface area contributed by atoms with Crippen molar-refractivity contribution in [2.75, 3.05) is 11.4 Å². The largest absolute Gasteiger partial charge is 0.456 e. The van der Waals surface area contributed by atoms with Gasteiger partial charge in [-0.3, -0.25) is 9.78 Å². The molecule has 0 aliphatic heterocycles. The average molecular weight is 434 g/mol. The molecule has 1 heterocycles. The second kappa shape index (κ2) is 8.83. The van der Waals surface area contributed by atoms with Crippen molar-refractivity contribution in [2.24, 2.45) is 0 Å². The van der Waals surface area contributed by atoms with E-state index in [1.165, 1.54) is 6.20 Å². The van der Waals surface area contributed by atoms with Crippen LogP contribution in [0.15, 0.2) is 85.1 Å². The predicted octanol–water partition coefficient (Wildman–Crippen LogP) is 6.67. The topological polar surface area (TPSA) is 33.2 Å². The molecule has 4 aromatic rings. The first-order chi connectivity index (χ1) is 15.4. The molecule has 0 spiro atoms. The summed E-state index contributed by atoms with van der Waals surface area (Å²) < 4.78 is 40.2. The number of halogens is 3. The van der Waals surface area contributed by atoms with Crippen LogP contribution in [0.5, 0.6) is 0 Å². The third kappa shape index (κ3) is 4.21. The van der Waals surface area contributed by atoms with Crippen molar-refractivity contribution in [2.45, 2.75) is 19.6 Å². The lowest BCUT2D eigenvalue weighted by Gasteiger charge is -2.27. The van der Waals surface area contributed by atoms with Crippen LogP contribution in [0.25, 0.3) is 21.9 Å². The highest BCUT2D eigenvalue weighted by Crippen LogP contribution is 2.33. The Hall–Kier alpha value is -3.67. The summed E-state index contributed by atoms with van der Waals surface area (Å²) in [5.74, 6) is -1.93. The Bertz CT molecular complexity index is 1250. The minimum Gasteiger partial charge on any atom is -0.367 e. The molecule has 0 fully saturated rings. The third-order valence-corrected chi connectivity index (χ3v) is 5.45. The fourth-order valence-electron chi connectivity index (χ4n) is 3.91. The van der Waals surface area contributed by atoms with Gasteiger partial charge in [-0.2, -0.15) is 13.2 Å². The molecule has 162 valence electrons. The number of carbonyl (C=O) groups is 1. The second-order valence-corrected chi connectivity index (χ2v) is 7.39. The van der Waals surface area contributed by atoms with Crippen LogP contribution < -0.4 is 4.90 Å². The zero-order valence-corrected chi connectivity index (χ0v) is 17.4. The van der Waals surface area contributed by atoms with Gasteiger partial charge in [-0.15, -0.1) is 0 Å². The van der Waals surface area contributed by atoms with Crippen molar-refractivity contribution < 1.29 is 18.0 Å². The van der Waals surface area contributed by atoms with Crippen LogP contribution in [0, 0.1) is 0 Å². The summed E-state index contributed by atoms with van der Waals surface area (Å²) in [6.07, 6.45) is -3.74. The van der Waals surface area contributed by atoms with Crippen molar-refractivity contribution in [1.29, 1.82) is 0 Å². The van der Waals surface area contributed by atoms with Crippen LogP contribution in [-0.4, -0.2) is 23.5 Å². The van der Waals surface area contributed by atoms with Gasteiger partial charge in [0.05, 0.1) is 0 Å².